The fourth-order valence-corrected chi connectivity index (χ4v) is 2.00. The minimum Gasteiger partial charge on any atom is -0.316 e. The van der Waals surface area contributed by atoms with Crippen LogP contribution in [0.5, 0.6) is 0 Å². The highest BCUT2D eigenvalue weighted by Crippen LogP contribution is 2.11. The quantitative estimate of drug-likeness (QED) is 0.793. The van der Waals surface area contributed by atoms with E-state index < -0.39 is 17.5 Å². The van der Waals surface area contributed by atoms with E-state index in [0.29, 0.717) is 13.0 Å². The Hall–Kier alpha value is -1.82. The average molecular weight is 268 g/mol. The molecular weight excluding hydrogens is 254 g/mol. The number of benzene rings is 1. The molecule has 1 aliphatic rings. The zero-order valence-electron chi connectivity index (χ0n) is 10.2. The summed E-state index contributed by atoms with van der Waals surface area (Å²) in [7, 11) is 0. The summed E-state index contributed by atoms with van der Waals surface area (Å²) in [6, 6.07) is 2.77. The van der Waals surface area contributed by atoms with Crippen molar-refractivity contribution >= 4 is 11.8 Å². The predicted octanol–water partition coefficient (Wildman–Crippen LogP) is 1.22. The van der Waals surface area contributed by atoms with Crippen molar-refractivity contribution in [1.29, 1.82) is 0 Å². The molecule has 1 fully saturated rings. The Balaban J connectivity index is 1.99. The standard InChI is InChI=1S/C13H14F2N2O2/c14-10-4-3-8(6-11(10)15)12(18)17-13(19)9-2-1-5-16-7-9/h3-4,6,9,16H,1-2,5,7H2,(H,17,18,19)/t9-/m0/s1. The topological polar surface area (TPSA) is 58.2 Å². The number of carbonyl (C=O) groups excluding carboxylic acids is 2. The van der Waals surface area contributed by atoms with Crippen LogP contribution in [0.4, 0.5) is 8.78 Å². The highest BCUT2D eigenvalue weighted by molar-refractivity contribution is 6.05. The zero-order chi connectivity index (χ0) is 13.8. The molecule has 19 heavy (non-hydrogen) atoms. The van der Waals surface area contributed by atoms with Gasteiger partial charge < -0.3 is 5.32 Å². The van der Waals surface area contributed by atoms with Gasteiger partial charge in [-0.05, 0) is 37.6 Å². The van der Waals surface area contributed by atoms with Gasteiger partial charge in [0, 0.05) is 12.1 Å². The minimum absolute atomic E-state index is 0.0731. The molecule has 1 aromatic carbocycles. The third-order valence-corrected chi connectivity index (χ3v) is 3.09. The van der Waals surface area contributed by atoms with E-state index in [1.54, 1.807) is 0 Å². The van der Waals surface area contributed by atoms with Gasteiger partial charge in [-0.15, -0.1) is 0 Å². The molecule has 1 saturated heterocycles. The summed E-state index contributed by atoms with van der Waals surface area (Å²) in [6.07, 6.45) is 1.58. The molecule has 0 unspecified atom stereocenters. The van der Waals surface area contributed by atoms with E-state index in [9.17, 15) is 18.4 Å². The smallest absolute Gasteiger partial charge is 0.257 e. The highest BCUT2D eigenvalue weighted by atomic mass is 19.2. The van der Waals surface area contributed by atoms with Gasteiger partial charge >= 0.3 is 0 Å². The summed E-state index contributed by atoms with van der Waals surface area (Å²) in [4.78, 5) is 23.5. The number of imide groups is 1. The molecule has 2 amide bonds. The Labute approximate surface area is 109 Å². The van der Waals surface area contributed by atoms with E-state index in [4.69, 9.17) is 0 Å². The van der Waals surface area contributed by atoms with Crippen LogP contribution in [0, 0.1) is 17.6 Å². The third kappa shape index (κ3) is 3.35. The van der Waals surface area contributed by atoms with Gasteiger partial charge in [-0.3, -0.25) is 14.9 Å². The fraction of sp³-hybridized carbons (Fsp3) is 0.385. The molecule has 0 bridgehead atoms. The molecule has 1 heterocycles. The van der Waals surface area contributed by atoms with Crippen LogP contribution >= 0.6 is 0 Å². The second kappa shape index (κ2) is 5.88. The van der Waals surface area contributed by atoms with Gasteiger partial charge in [0.05, 0.1) is 5.92 Å². The molecule has 6 heteroatoms. The van der Waals surface area contributed by atoms with E-state index in [0.717, 1.165) is 31.2 Å². The van der Waals surface area contributed by atoms with Gasteiger partial charge in [-0.2, -0.15) is 0 Å². The second-order valence-corrected chi connectivity index (χ2v) is 4.49. The van der Waals surface area contributed by atoms with Gasteiger partial charge in [0.2, 0.25) is 5.91 Å². The number of amides is 2. The van der Waals surface area contributed by atoms with Crippen molar-refractivity contribution in [3.05, 3.63) is 35.4 Å². The minimum atomic E-state index is -1.11. The Morgan fingerprint density at radius 1 is 1.26 bits per heavy atom. The lowest BCUT2D eigenvalue weighted by atomic mass is 9.99. The first kappa shape index (κ1) is 13.6. The van der Waals surface area contributed by atoms with E-state index in [1.165, 1.54) is 0 Å². The van der Waals surface area contributed by atoms with Crippen LogP contribution in [0.2, 0.25) is 0 Å². The molecule has 1 aliphatic heterocycles. The lowest BCUT2D eigenvalue weighted by Crippen LogP contribution is -2.42. The van der Waals surface area contributed by atoms with Crippen molar-refractivity contribution in [3.63, 3.8) is 0 Å². The van der Waals surface area contributed by atoms with E-state index in [2.05, 4.69) is 10.6 Å². The van der Waals surface area contributed by atoms with Crippen LogP contribution in [0.15, 0.2) is 18.2 Å². The van der Waals surface area contributed by atoms with Gasteiger partial charge in [0.25, 0.3) is 5.91 Å². The lowest BCUT2D eigenvalue weighted by molar-refractivity contribution is -0.124. The summed E-state index contributed by atoms with van der Waals surface area (Å²) in [5.74, 6) is -3.50. The average Bonchev–Trinajstić information content (AvgIpc) is 2.42. The molecule has 0 saturated carbocycles. The molecule has 2 rings (SSSR count). The molecule has 0 aliphatic carbocycles. The van der Waals surface area contributed by atoms with Crippen LogP contribution in [0.1, 0.15) is 23.2 Å². The maximum absolute atomic E-state index is 13.0. The Kier molecular flexibility index (Phi) is 4.21. The normalized spacial score (nSPS) is 18.9. The number of piperidine rings is 1. The van der Waals surface area contributed by atoms with Crippen LogP contribution in [0.3, 0.4) is 0 Å². The first-order valence-corrected chi connectivity index (χ1v) is 6.09. The van der Waals surface area contributed by atoms with Crippen LogP contribution in [-0.4, -0.2) is 24.9 Å². The van der Waals surface area contributed by atoms with E-state index in [-0.39, 0.29) is 17.4 Å². The number of carbonyl (C=O) groups is 2. The van der Waals surface area contributed by atoms with Crippen molar-refractivity contribution in [3.8, 4) is 0 Å². The third-order valence-electron chi connectivity index (χ3n) is 3.09. The molecule has 0 spiro atoms. The van der Waals surface area contributed by atoms with Gasteiger partial charge in [-0.1, -0.05) is 0 Å². The van der Waals surface area contributed by atoms with Crippen molar-refractivity contribution in [2.75, 3.05) is 13.1 Å². The summed E-state index contributed by atoms with van der Waals surface area (Å²) in [5.41, 5.74) is -0.0731. The number of hydrogen-bond acceptors (Lipinski definition) is 3. The van der Waals surface area contributed by atoms with Crippen molar-refractivity contribution in [2.24, 2.45) is 5.92 Å². The highest BCUT2D eigenvalue weighted by Gasteiger charge is 2.23. The van der Waals surface area contributed by atoms with Crippen molar-refractivity contribution < 1.29 is 18.4 Å². The SMILES string of the molecule is O=C(NC(=O)[C@H]1CCCNC1)c1ccc(F)c(F)c1. The van der Waals surface area contributed by atoms with Crippen molar-refractivity contribution in [1.82, 2.24) is 10.6 Å². The van der Waals surface area contributed by atoms with Gasteiger partial charge in [0.1, 0.15) is 0 Å². The van der Waals surface area contributed by atoms with Crippen LogP contribution in [0.25, 0.3) is 0 Å². The number of hydrogen-bond donors (Lipinski definition) is 2. The second-order valence-electron chi connectivity index (χ2n) is 4.49. The largest absolute Gasteiger partial charge is 0.316 e. The predicted molar refractivity (Wildman–Crippen MR) is 64.4 cm³/mol. The molecule has 102 valence electrons. The van der Waals surface area contributed by atoms with Crippen molar-refractivity contribution in [2.45, 2.75) is 12.8 Å². The summed E-state index contributed by atoms with van der Waals surface area (Å²) in [6.45, 7) is 1.39. The summed E-state index contributed by atoms with van der Waals surface area (Å²) < 4.78 is 25.7. The molecule has 2 N–H and O–H groups in total. The molecule has 1 atom stereocenters. The maximum atomic E-state index is 13.0. The molecular formula is C13H14F2N2O2. The summed E-state index contributed by atoms with van der Waals surface area (Å²) in [5, 5.41) is 5.27. The monoisotopic (exact) mass is 268 g/mol. The van der Waals surface area contributed by atoms with Gasteiger partial charge in [0.15, 0.2) is 11.6 Å². The number of halogens is 2. The lowest BCUT2D eigenvalue weighted by Gasteiger charge is -2.21. The van der Waals surface area contributed by atoms with Crippen LogP contribution < -0.4 is 10.6 Å². The zero-order valence-corrected chi connectivity index (χ0v) is 10.2. The van der Waals surface area contributed by atoms with Crippen LogP contribution in [-0.2, 0) is 4.79 Å². The molecule has 0 radical (unpaired) electrons. The maximum Gasteiger partial charge on any atom is 0.257 e. The first-order valence-electron chi connectivity index (χ1n) is 6.09. The van der Waals surface area contributed by atoms with E-state index in [1.807, 2.05) is 0 Å². The fourth-order valence-electron chi connectivity index (χ4n) is 2.00. The first-order chi connectivity index (χ1) is 9.08. The molecule has 1 aromatic rings. The van der Waals surface area contributed by atoms with E-state index >= 15 is 0 Å². The Morgan fingerprint density at radius 3 is 2.68 bits per heavy atom. The summed E-state index contributed by atoms with van der Waals surface area (Å²) >= 11 is 0. The molecule has 0 aromatic heterocycles. The number of rotatable bonds is 2. The Morgan fingerprint density at radius 2 is 2.05 bits per heavy atom. The molecule has 4 nitrogen and oxygen atoms in total. The van der Waals surface area contributed by atoms with Gasteiger partial charge in [-0.25, -0.2) is 8.78 Å². The number of nitrogens with one attached hydrogen (secondary N) is 2. The Bertz CT molecular complexity index is 499.